The number of carbonyl (C=O) groups is 2. The number of non-ortho nitro benzene ring substituents is 1. The number of nitrogens with zero attached hydrogens (tertiary/aromatic N) is 3. The number of amides is 2. The third-order valence-electron chi connectivity index (χ3n) is 7.45. The van der Waals surface area contributed by atoms with Gasteiger partial charge in [0, 0.05) is 43.4 Å². The molecule has 0 saturated carbocycles. The van der Waals surface area contributed by atoms with Crippen LogP contribution in [0.3, 0.4) is 0 Å². The molecule has 1 fully saturated rings. The first-order valence-corrected chi connectivity index (χ1v) is 13.4. The molecule has 0 spiro atoms. The predicted molar refractivity (Wildman–Crippen MR) is 150 cm³/mol. The van der Waals surface area contributed by atoms with Gasteiger partial charge in [-0.25, -0.2) is 0 Å². The first-order chi connectivity index (χ1) is 20.5. The maximum atomic E-state index is 13.6. The number of piperazine rings is 1. The minimum atomic E-state index is -5.11. The fraction of sp³-hybridized carbons (Fsp3) is 0.290. The van der Waals surface area contributed by atoms with Gasteiger partial charge in [-0.1, -0.05) is 18.2 Å². The van der Waals surface area contributed by atoms with E-state index < -0.39 is 51.8 Å². The zero-order valence-corrected chi connectivity index (χ0v) is 23.6. The molecule has 4 rings (SSSR count). The SMILES string of the molecule is Cc1ccc(C[C@@H]2CN(C(=O)C=Cc3ccc([N+](=O)[O-])cc3)CCN2C(=O)c2cc(C(F)(F)F)cc(C(F)(F)F)c2)cc1C. The predicted octanol–water partition coefficient (Wildman–Crippen LogP) is 6.86. The lowest BCUT2D eigenvalue weighted by Crippen LogP contribution is -2.57. The molecular weight excluding hydrogens is 592 g/mol. The summed E-state index contributed by atoms with van der Waals surface area (Å²) >= 11 is 0. The molecule has 1 saturated heterocycles. The molecule has 0 aliphatic carbocycles. The van der Waals surface area contributed by atoms with Gasteiger partial charge in [-0.2, -0.15) is 26.3 Å². The monoisotopic (exact) mass is 619 g/mol. The number of nitro groups is 1. The zero-order valence-electron chi connectivity index (χ0n) is 23.6. The molecule has 0 aromatic heterocycles. The van der Waals surface area contributed by atoms with Gasteiger partial charge in [-0.05, 0) is 78.9 Å². The van der Waals surface area contributed by atoms with Gasteiger partial charge in [-0.3, -0.25) is 19.7 Å². The molecule has 3 aromatic carbocycles. The second-order valence-electron chi connectivity index (χ2n) is 10.5. The third-order valence-corrected chi connectivity index (χ3v) is 7.45. The largest absolute Gasteiger partial charge is 0.416 e. The van der Waals surface area contributed by atoms with Crippen LogP contribution in [0, 0.1) is 24.0 Å². The Bertz CT molecular complexity index is 1570. The van der Waals surface area contributed by atoms with Crippen molar-refractivity contribution in [3.8, 4) is 0 Å². The molecule has 13 heteroatoms. The Kier molecular flexibility index (Phi) is 9.17. The van der Waals surface area contributed by atoms with Crippen LogP contribution in [0.5, 0.6) is 0 Å². The highest BCUT2D eigenvalue weighted by atomic mass is 19.4. The lowest BCUT2D eigenvalue weighted by atomic mass is 9.97. The average molecular weight is 620 g/mol. The quantitative estimate of drug-likeness (QED) is 0.131. The summed E-state index contributed by atoms with van der Waals surface area (Å²) in [6.07, 6.45) is -7.32. The van der Waals surface area contributed by atoms with E-state index in [0.29, 0.717) is 17.7 Å². The minimum Gasteiger partial charge on any atom is -0.335 e. The molecule has 1 aliphatic rings. The number of hydrogen-bond donors (Lipinski definition) is 0. The zero-order chi connectivity index (χ0) is 32.4. The smallest absolute Gasteiger partial charge is 0.335 e. The highest BCUT2D eigenvalue weighted by Crippen LogP contribution is 2.37. The number of carbonyl (C=O) groups excluding carboxylic acids is 2. The molecule has 0 bridgehead atoms. The molecule has 1 heterocycles. The standard InChI is InChI=1S/C31H27F6N3O4/c1-19-3-4-22(13-20(19)2)14-27-18-38(28(41)10-7-21-5-8-26(9-6-21)40(43)44)11-12-39(27)29(42)23-15-24(30(32,33)34)17-25(16-23)31(35,36)37/h3-10,13,15-17,27H,11-12,14,18H2,1-2H3/t27-/m1/s1. The Labute approximate surface area is 248 Å². The summed E-state index contributed by atoms with van der Waals surface area (Å²) in [5.41, 5.74) is -0.814. The number of alkyl halides is 6. The number of benzene rings is 3. The highest BCUT2D eigenvalue weighted by Gasteiger charge is 2.39. The van der Waals surface area contributed by atoms with Gasteiger partial charge in [0.05, 0.1) is 22.1 Å². The number of nitro benzene ring substituents is 1. The van der Waals surface area contributed by atoms with Crippen molar-refractivity contribution in [2.45, 2.75) is 38.7 Å². The van der Waals surface area contributed by atoms with Crippen molar-refractivity contribution in [3.05, 3.63) is 116 Å². The number of aryl methyl sites for hydroxylation is 2. The molecule has 3 aromatic rings. The fourth-order valence-corrected chi connectivity index (χ4v) is 4.92. The molecule has 232 valence electrons. The van der Waals surface area contributed by atoms with Crippen molar-refractivity contribution in [2.75, 3.05) is 19.6 Å². The molecule has 44 heavy (non-hydrogen) atoms. The first-order valence-electron chi connectivity index (χ1n) is 13.4. The van der Waals surface area contributed by atoms with Crippen molar-refractivity contribution >= 4 is 23.6 Å². The van der Waals surface area contributed by atoms with Crippen LogP contribution in [0.2, 0.25) is 0 Å². The van der Waals surface area contributed by atoms with Crippen LogP contribution in [0.4, 0.5) is 32.0 Å². The number of halogens is 6. The van der Waals surface area contributed by atoms with Crippen LogP contribution >= 0.6 is 0 Å². The Morgan fingerprint density at radius 1 is 0.886 bits per heavy atom. The van der Waals surface area contributed by atoms with Gasteiger partial charge >= 0.3 is 12.4 Å². The molecule has 0 N–H and O–H groups in total. The van der Waals surface area contributed by atoms with Crippen LogP contribution in [-0.4, -0.2) is 52.2 Å². The average Bonchev–Trinajstić information content (AvgIpc) is 2.96. The van der Waals surface area contributed by atoms with E-state index in [-0.39, 0.29) is 37.8 Å². The van der Waals surface area contributed by atoms with E-state index in [0.717, 1.165) is 16.7 Å². The number of hydrogen-bond acceptors (Lipinski definition) is 4. The highest BCUT2D eigenvalue weighted by molar-refractivity contribution is 5.96. The van der Waals surface area contributed by atoms with Gasteiger partial charge in [0.1, 0.15) is 0 Å². The third kappa shape index (κ3) is 7.63. The normalized spacial score (nSPS) is 16.0. The summed E-state index contributed by atoms with van der Waals surface area (Å²) < 4.78 is 81.0. The van der Waals surface area contributed by atoms with Crippen LogP contribution in [0.1, 0.15) is 43.7 Å². The topological polar surface area (TPSA) is 83.8 Å². The molecule has 1 aliphatic heterocycles. The van der Waals surface area contributed by atoms with Crippen molar-refractivity contribution in [1.29, 1.82) is 0 Å². The second-order valence-corrected chi connectivity index (χ2v) is 10.5. The van der Waals surface area contributed by atoms with E-state index in [1.165, 1.54) is 46.2 Å². The van der Waals surface area contributed by atoms with Crippen molar-refractivity contribution in [1.82, 2.24) is 9.80 Å². The summed E-state index contributed by atoms with van der Waals surface area (Å²) in [6, 6.07) is 11.1. The van der Waals surface area contributed by atoms with Gasteiger partial charge in [0.25, 0.3) is 11.6 Å². The molecule has 1 atom stereocenters. The maximum Gasteiger partial charge on any atom is 0.416 e. The molecular formula is C31H27F6N3O4. The Balaban J connectivity index is 1.63. The van der Waals surface area contributed by atoms with E-state index in [1.54, 1.807) is 0 Å². The molecule has 0 radical (unpaired) electrons. The second kappa shape index (κ2) is 12.5. The van der Waals surface area contributed by atoms with Crippen LogP contribution in [0.25, 0.3) is 6.08 Å². The van der Waals surface area contributed by atoms with Crippen molar-refractivity contribution < 1.29 is 40.9 Å². The first kappa shape index (κ1) is 32.2. The van der Waals surface area contributed by atoms with E-state index in [2.05, 4.69) is 0 Å². The van der Waals surface area contributed by atoms with E-state index >= 15 is 0 Å². The lowest BCUT2D eigenvalue weighted by Gasteiger charge is -2.41. The molecule has 7 nitrogen and oxygen atoms in total. The van der Waals surface area contributed by atoms with E-state index in [9.17, 15) is 46.0 Å². The Morgan fingerprint density at radius 2 is 1.50 bits per heavy atom. The Morgan fingerprint density at radius 3 is 2.05 bits per heavy atom. The minimum absolute atomic E-state index is 0.0241. The summed E-state index contributed by atoms with van der Waals surface area (Å²) in [5.74, 6) is -1.46. The van der Waals surface area contributed by atoms with Gasteiger partial charge in [0.15, 0.2) is 0 Å². The van der Waals surface area contributed by atoms with Gasteiger partial charge in [-0.15, -0.1) is 0 Å². The van der Waals surface area contributed by atoms with Crippen LogP contribution in [-0.2, 0) is 23.6 Å². The van der Waals surface area contributed by atoms with Crippen molar-refractivity contribution in [3.63, 3.8) is 0 Å². The number of rotatable bonds is 6. The van der Waals surface area contributed by atoms with Crippen LogP contribution < -0.4 is 0 Å². The maximum absolute atomic E-state index is 13.6. The summed E-state index contributed by atoms with van der Waals surface area (Å²) in [6.45, 7) is 3.59. The van der Waals surface area contributed by atoms with E-state index in [1.807, 2.05) is 32.0 Å². The summed E-state index contributed by atoms with van der Waals surface area (Å²) in [4.78, 5) is 39.6. The Hall–Kier alpha value is -4.68. The fourth-order valence-electron chi connectivity index (χ4n) is 4.92. The van der Waals surface area contributed by atoms with Gasteiger partial charge in [0.2, 0.25) is 5.91 Å². The van der Waals surface area contributed by atoms with Crippen molar-refractivity contribution in [2.24, 2.45) is 0 Å². The van der Waals surface area contributed by atoms with Crippen LogP contribution in [0.15, 0.2) is 66.7 Å². The van der Waals surface area contributed by atoms with E-state index in [4.69, 9.17) is 0 Å². The lowest BCUT2D eigenvalue weighted by molar-refractivity contribution is -0.384. The molecule has 2 amide bonds. The van der Waals surface area contributed by atoms with Gasteiger partial charge < -0.3 is 9.80 Å². The summed E-state index contributed by atoms with van der Waals surface area (Å²) in [7, 11) is 0. The summed E-state index contributed by atoms with van der Waals surface area (Å²) in [5, 5.41) is 10.9. The molecule has 0 unspecified atom stereocenters.